The Hall–Kier alpha value is 0.130. The molecule has 1 saturated heterocycles. The van der Waals surface area contributed by atoms with Crippen molar-refractivity contribution in [2.75, 3.05) is 24.3 Å². The lowest BCUT2D eigenvalue weighted by Gasteiger charge is -2.24. The molecule has 1 saturated carbocycles. The van der Waals surface area contributed by atoms with Crippen LogP contribution in [0.15, 0.2) is 0 Å². The van der Waals surface area contributed by atoms with Crippen molar-refractivity contribution in [2.45, 2.75) is 43.0 Å². The van der Waals surface area contributed by atoms with E-state index >= 15 is 0 Å². The van der Waals surface area contributed by atoms with Crippen LogP contribution in [0.3, 0.4) is 0 Å². The Morgan fingerprint density at radius 2 is 2.41 bits per heavy atom. The summed E-state index contributed by atoms with van der Waals surface area (Å²) in [4.78, 5) is 12.0. The Balaban J connectivity index is 1.72. The summed E-state index contributed by atoms with van der Waals surface area (Å²) in [6.45, 7) is 1.04. The van der Waals surface area contributed by atoms with Gasteiger partial charge in [0.2, 0.25) is 5.91 Å². The smallest absolute Gasteiger partial charge is 0.221 e. The zero-order valence-electron chi connectivity index (χ0n) is 10.4. The minimum absolute atomic E-state index is 0.232. The molecular formula is C12H22N2OS2. The molecule has 1 aliphatic carbocycles. The lowest BCUT2D eigenvalue weighted by Crippen LogP contribution is -2.44. The van der Waals surface area contributed by atoms with Crippen LogP contribution in [0.2, 0.25) is 0 Å². The van der Waals surface area contributed by atoms with Gasteiger partial charge >= 0.3 is 0 Å². The van der Waals surface area contributed by atoms with E-state index in [4.69, 9.17) is 0 Å². The van der Waals surface area contributed by atoms with E-state index in [1.807, 2.05) is 23.5 Å². The third-order valence-corrected chi connectivity index (χ3v) is 5.83. The van der Waals surface area contributed by atoms with E-state index in [1.54, 1.807) is 0 Å². The van der Waals surface area contributed by atoms with Crippen LogP contribution in [0.4, 0.5) is 0 Å². The highest BCUT2D eigenvalue weighted by atomic mass is 32.2. The van der Waals surface area contributed by atoms with Crippen molar-refractivity contribution >= 4 is 29.4 Å². The molecule has 3 atom stereocenters. The fourth-order valence-electron chi connectivity index (χ4n) is 2.61. The van der Waals surface area contributed by atoms with Crippen LogP contribution in [0.5, 0.6) is 0 Å². The highest BCUT2D eigenvalue weighted by molar-refractivity contribution is 7.99. The Morgan fingerprint density at radius 1 is 1.53 bits per heavy atom. The molecule has 98 valence electrons. The highest BCUT2D eigenvalue weighted by Crippen LogP contribution is 2.28. The molecule has 3 nitrogen and oxygen atoms in total. The summed E-state index contributed by atoms with van der Waals surface area (Å²) in [7, 11) is 0. The second-order valence-corrected chi connectivity index (χ2v) is 7.04. The first kappa shape index (κ1) is 13.6. The monoisotopic (exact) mass is 274 g/mol. The number of hydrogen-bond donors (Lipinski definition) is 2. The van der Waals surface area contributed by atoms with Crippen molar-refractivity contribution < 1.29 is 4.79 Å². The molecule has 0 aromatic heterocycles. The first-order chi connectivity index (χ1) is 8.29. The molecule has 2 rings (SSSR count). The van der Waals surface area contributed by atoms with E-state index in [0.717, 1.165) is 18.7 Å². The van der Waals surface area contributed by atoms with Crippen molar-refractivity contribution in [1.29, 1.82) is 0 Å². The number of amides is 1. The molecule has 2 fully saturated rings. The topological polar surface area (TPSA) is 41.1 Å². The third-order valence-electron chi connectivity index (χ3n) is 3.53. The van der Waals surface area contributed by atoms with Gasteiger partial charge in [-0.2, -0.15) is 23.5 Å². The predicted octanol–water partition coefficient (Wildman–Crippen LogP) is 1.48. The maximum absolute atomic E-state index is 12.0. The molecule has 0 spiro atoms. The summed E-state index contributed by atoms with van der Waals surface area (Å²) >= 11 is 3.84. The quantitative estimate of drug-likeness (QED) is 0.815. The van der Waals surface area contributed by atoms with E-state index in [1.165, 1.54) is 18.6 Å². The van der Waals surface area contributed by atoms with Crippen molar-refractivity contribution in [3.05, 3.63) is 0 Å². The second kappa shape index (κ2) is 6.90. The first-order valence-corrected chi connectivity index (χ1v) is 8.87. The van der Waals surface area contributed by atoms with Crippen LogP contribution >= 0.6 is 23.5 Å². The van der Waals surface area contributed by atoms with Gasteiger partial charge < -0.3 is 10.6 Å². The normalized spacial score (nSPS) is 33.6. The van der Waals surface area contributed by atoms with E-state index < -0.39 is 0 Å². The average molecular weight is 274 g/mol. The summed E-state index contributed by atoms with van der Waals surface area (Å²) in [6.07, 6.45) is 6.46. The van der Waals surface area contributed by atoms with Crippen LogP contribution in [-0.2, 0) is 4.79 Å². The Labute approximate surface area is 112 Å². The zero-order valence-corrected chi connectivity index (χ0v) is 12.0. The maximum Gasteiger partial charge on any atom is 0.221 e. The minimum atomic E-state index is 0.232. The number of carbonyl (C=O) groups excluding carboxylic acids is 1. The minimum Gasteiger partial charge on any atom is -0.352 e. The lowest BCUT2D eigenvalue weighted by atomic mass is 10.2. The van der Waals surface area contributed by atoms with Crippen molar-refractivity contribution in [3.63, 3.8) is 0 Å². The Kier molecular flexibility index (Phi) is 5.50. The van der Waals surface area contributed by atoms with Crippen LogP contribution in [0, 0.1) is 0 Å². The van der Waals surface area contributed by atoms with Crippen molar-refractivity contribution in [3.8, 4) is 0 Å². The largest absolute Gasteiger partial charge is 0.352 e. The maximum atomic E-state index is 12.0. The molecule has 1 heterocycles. The number of carbonyl (C=O) groups is 1. The average Bonchev–Trinajstić information content (AvgIpc) is 2.77. The second-order valence-electron chi connectivity index (χ2n) is 4.81. The fraction of sp³-hybridized carbons (Fsp3) is 0.917. The third kappa shape index (κ3) is 4.07. The summed E-state index contributed by atoms with van der Waals surface area (Å²) in [5, 5.41) is 7.26. The van der Waals surface area contributed by atoms with Crippen molar-refractivity contribution in [2.24, 2.45) is 0 Å². The molecule has 0 aromatic carbocycles. The number of nitrogens with one attached hydrogen (secondary N) is 2. The van der Waals surface area contributed by atoms with Gasteiger partial charge in [0.1, 0.15) is 0 Å². The molecule has 0 bridgehead atoms. The summed E-state index contributed by atoms with van der Waals surface area (Å²) < 4.78 is 0. The van der Waals surface area contributed by atoms with Gasteiger partial charge in [0.05, 0.1) is 0 Å². The standard InChI is InChI=1S/C12H22N2OS2/c1-16-11-4-2-3-10(11)14-12(15)7-9-8-17-6-5-13-9/h9-11,13H,2-8H2,1H3,(H,14,15). The van der Waals surface area contributed by atoms with Crippen LogP contribution in [-0.4, -0.2) is 47.5 Å². The van der Waals surface area contributed by atoms with E-state index in [9.17, 15) is 4.79 Å². The predicted molar refractivity (Wildman–Crippen MR) is 76.8 cm³/mol. The molecule has 1 amide bonds. The zero-order chi connectivity index (χ0) is 12.1. The fourth-order valence-corrected chi connectivity index (χ4v) is 4.50. The summed E-state index contributed by atoms with van der Waals surface area (Å²) in [6, 6.07) is 0.789. The molecule has 0 radical (unpaired) electrons. The van der Waals surface area contributed by atoms with Crippen LogP contribution < -0.4 is 10.6 Å². The number of thioether (sulfide) groups is 2. The number of hydrogen-bond acceptors (Lipinski definition) is 4. The van der Waals surface area contributed by atoms with Crippen LogP contribution in [0.25, 0.3) is 0 Å². The Bertz CT molecular complexity index is 257. The van der Waals surface area contributed by atoms with Crippen molar-refractivity contribution in [1.82, 2.24) is 10.6 Å². The van der Waals surface area contributed by atoms with Gasteiger partial charge in [-0.25, -0.2) is 0 Å². The summed E-state index contributed by atoms with van der Waals surface area (Å²) in [5.41, 5.74) is 0. The number of rotatable bonds is 4. The van der Waals surface area contributed by atoms with E-state index in [2.05, 4.69) is 16.9 Å². The van der Waals surface area contributed by atoms with E-state index in [0.29, 0.717) is 23.8 Å². The lowest BCUT2D eigenvalue weighted by molar-refractivity contribution is -0.122. The van der Waals surface area contributed by atoms with Gasteiger partial charge in [-0.3, -0.25) is 4.79 Å². The molecule has 17 heavy (non-hydrogen) atoms. The van der Waals surface area contributed by atoms with Gasteiger partial charge in [0.25, 0.3) is 0 Å². The van der Waals surface area contributed by atoms with Gasteiger partial charge in [-0.15, -0.1) is 0 Å². The Morgan fingerprint density at radius 3 is 3.12 bits per heavy atom. The SMILES string of the molecule is CSC1CCCC1NC(=O)CC1CSCCN1. The molecular weight excluding hydrogens is 252 g/mol. The van der Waals surface area contributed by atoms with E-state index in [-0.39, 0.29) is 5.91 Å². The van der Waals surface area contributed by atoms with Crippen LogP contribution in [0.1, 0.15) is 25.7 Å². The first-order valence-electron chi connectivity index (χ1n) is 6.43. The van der Waals surface area contributed by atoms with Gasteiger partial charge in [0, 0.05) is 41.8 Å². The molecule has 2 aliphatic rings. The molecule has 2 N–H and O–H groups in total. The molecule has 1 aliphatic heterocycles. The highest BCUT2D eigenvalue weighted by Gasteiger charge is 2.28. The summed E-state index contributed by atoms with van der Waals surface area (Å²) in [5.74, 6) is 2.48. The van der Waals surface area contributed by atoms with Gasteiger partial charge in [0.15, 0.2) is 0 Å². The van der Waals surface area contributed by atoms with Gasteiger partial charge in [-0.1, -0.05) is 6.42 Å². The molecule has 0 aromatic rings. The molecule has 3 unspecified atom stereocenters. The molecule has 5 heteroatoms. The van der Waals surface area contributed by atoms with Gasteiger partial charge in [-0.05, 0) is 19.1 Å².